The van der Waals surface area contributed by atoms with E-state index in [0.717, 1.165) is 25.7 Å². The second kappa shape index (κ2) is 10.4. The van der Waals surface area contributed by atoms with Gasteiger partial charge in [-0.2, -0.15) is 0 Å². The number of urea groups is 2. The molecule has 0 heterocycles. The van der Waals surface area contributed by atoms with E-state index >= 15 is 0 Å². The smallest absolute Gasteiger partial charge is 0.319 e. The summed E-state index contributed by atoms with van der Waals surface area (Å²) in [5.74, 6) is 0. The molecule has 0 spiro atoms. The van der Waals surface area contributed by atoms with Gasteiger partial charge in [-0.1, -0.05) is 59.2 Å². The SMILES string of the molecule is O=C(Nc1ccc(Cl)c(Cl)c1)N[C@H]1CCCC[C@@H]1NC(=O)Nc1ccc(Cl)c(Cl)c1. The molecule has 0 unspecified atom stereocenters. The van der Waals surface area contributed by atoms with E-state index in [1.807, 2.05) is 0 Å². The van der Waals surface area contributed by atoms with Crippen molar-refractivity contribution in [3.05, 3.63) is 56.5 Å². The summed E-state index contributed by atoms with van der Waals surface area (Å²) >= 11 is 23.8. The quantitative estimate of drug-likeness (QED) is 0.392. The van der Waals surface area contributed by atoms with E-state index in [0.29, 0.717) is 31.5 Å². The number of halogens is 4. The number of rotatable bonds is 4. The van der Waals surface area contributed by atoms with Gasteiger partial charge in [0.15, 0.2) is 0 Å². The summed E-state index contributed by atoms with van der Waals surface area (Å²) in [4.78, 5) is 24.8. The van der Waals surface area contributed by atoms with Crippen LogP contribution in [0.5, 0.6) is 0 Å². The molecule has 1 aliphatic carbocycles. The highest BCUT2D eigenvalue weighted by Crippen LogP contribution is 2.26. The molecule has 4 amide bonds. The van der Waals surface area contributed by atoms with Crippen molar-refractivity contribution in [3.63, 3.8) is 0 Å². The first kappa shape index (κ1) is 22.8. The Kier molecular flexibility index (Phi) is 7.94. The van der Waals surface area contributed by atoms with Gasteiger partial charge in [0, 0.05) is 11.4 Å². The minimum atomic E-state index is -0.378. The molecule has 10 heteroatoms. The summed E-state index contributed by atoms with van der Waals surface area (Å²) in [6.07, 6.45) is 3.44. The third-order valence-corrected chi connectivity index (χ3v) is 6.23. The Morgan fingerprint density at radius 1 is 0.667 bits per heavy atom. The molecule has 2 aromatic rings. The molecule has 0 bridgehead atoms. The van der Waals surface area contributed by atoms with Gasteiger partial charge in [-0.05, 0) is 49.2 Å². The van der Waals surface area contributed by atoms with Crippen molar-refractivity contribution in [3.8, 4) is 0 Å². The maximum atomic E-state index is 12.4. The van der Waals surface area contributed by atoms with Gasteiger partial charge in [0.2, 0.25) is 0 Å². The molecule has 2 atom stereocenters. The van der Waals surface area contributed by atoms with Crippen LogP contribution in [0.25, 0.3) is 0 Å². The standard InChI is InChI=1S/C20H20Cl4N4O2/c21-13-7-5-11(9-15(13)23)25-19(29)27-17-3-1-2-4-18(17)28-20(30)26-12-6-8-14(22)16(24)10-12/h5-10,17-18H,1-4H2,(H2,25,27,29)(H2,26,28,30)/t17-,18-/m0/s1. The molecular formula is C20H20Cl4N4O2. The Labute approximate surface area is 194 Å². The zero-order chi connectivity index (χ0) is 21.7. The number of hydrogen-bond donors (Lipinski definition) is 4. The van der Waals surface area contributed by atoms with Crippen LogP contribution in [-0.2, 0) is 0 Å². The topological polar surface area (TPSA) is 82.3 Å². The molecule has 0 aliphatic heterocycles. The number of carbonyl (C=O) groups is 2. The molecule has 30 heavy (non-hydrogen) atoms. The molecule has 160 valence electrons. The van der Waals surface area contributed by atoms with Crippen LogP contribution in [0.1, 0.15) is 25.7 Å². The maximum Gasteiger partial charge on any atom is 0.319 e. The van der Waals surface area contributed by atoms with E-state index in [1.165, 1.54) is 0 Å². The Bertz CT molecular complexity index is 866. The van der Waals surface area contributed by atoms with Gasteiger partial charge in [-0.15, -0.1) is 0 Å². The lowest BCUT2D eigenvalue weighted by Crippen LogP contribution is -2.54. The lowest BCUT2D eigenvalue weighted by Gasteiger charge is -2.32. The van der Waals surface area contributed by atoms with Crippen molar-refractivity contribution in [1.82, 2.24) is 10.6 Å². The van der Waals surface area contributed by atoms with E-state index in [4.69, 9.17) is 46.4 Å². The minimum Gasteiger partial charge on any atom is -0.333 e. The normalized spacial score (nSPS) is 18.4. The summed E-state index contributed by atoms with van der Waals surface area (Å²) in [6.45, 7) is 0. The second-order valence-corrected chi connectivity index (χ2v) is 8.58. The predicted molar refractivity (Wildman–Crippen MR) is 123 cm³/mol. The average molecular weight is 490 g/mol. The van der Waals surface area contributed by atoms with E-state index in [2.05, 4.69) is 21.3 Å². The molecule has 4 N–H and O–H groups in total. The molecule has 0 radical (unpaired) electrons. The predicted octanol–water partition coefficient (Wildman–Crippen LogP) is 6.55. The number of carbonyl (C=O) groups excluding carboxylic acids is 2. The molecule has 1 fully saturated rings. The van der Waals surface area contributed by atoms with Crippen molar-refractivity contribution in [2.75, 3.05) is 10.6 Å². The minimum absolute atomic E-state index is 0.207. The van der Waals surface area contributed by atoms with Crippen molar-refractivity contribution >= 4 is 69.8 Å². The first-order valence-corrected chi connectivity index (χ1v) is 10.9. The summed E-state index contributed by atoms with van der Waals surface area (Å²) < 4.78 is 0. The largest absolute Gasteiger partial charge is 0.333 e. The molecule has 1 aliphatic rings. The Morgan fingerprint density at radius 2 is 1.07 bits per heavy atom. The Morgan fingerprint density at radius 3 is 1.43 bits per heavy atom. The Balaban J connectivity index is 1.57. The highest BCUT2D eigenvalue weighted by Gasteiger charge is 2.28. The molecule has 0 aromatic heterocycles. The van der Waals surface area contributed by atoms with Crippen LogP contribution in [-0.4, -0.2) is 24.1 Å². The van der Waals surface area contributed by atoms with Crippen molar-refractivity contribution in [2.24, 2.45) is 0 Å². The van der Waals surface area contributed by atoms with Gasteiger partial charge < -0.3 is 21.3 Å². The fourth-order valence-corrected chi connectivity index (χ4v) is 3.89. The second-order valence-electron chi connectivity index (χ2n) is 6.95. The van der Waals surface area contributed by atoms with Crippen LogP contribution in [0.4, 0.5) is 21.0 Å². The number of benzene rings is 2. The zero-order valence-electron chi connectivity index (χ0n) is 15.8. The van der Waals surface area contributed by atoms with Crippen LogP contribution < -0.4 is 21.3 Å². The third-order valence-electron chi connectivity index (χ3n) is 4.75. The molecular weight excluding hydrogens is 470 g/mol. The number of amides is 4. The van der Waals surface area contributed by atoms with Crippen LogP contribution in [0.2, 0.25) is 20.1 Å². The van der Waals surface area contributed by atoms with E-state index in [9.17, 15) is 9.59 Å². The van der Waals surface area contributed by atoms with Gasteiger partial charge in [0.1, 0.15) is 0 Å². The summed E-state index contributed by atoms with van der Waals surface area (Å²) in [5, 5.41) is 12.9. The average Bonchev–Trinajstić information content (AvgIpc) is 2.69. The maximum absolute atomic E-state index is 12.4. The van der Waals surface area contributed by atoms with Gasteiger partial charge >= 0.3 is 12.1 Å². The first-order valence-electron chi connectivity index (χ1n) is 9.37. The van der Waals surface area contributed by atoms with Crippen LogP contribution in [0.15, 0.2) is 36.4 Å². The summed E-state index contributed by atoms with van der Waals surface area (Å²) in [5.41, 5.74) is 1.05. The van der Waals surface area contributed by atoms with Crippen LogP contribution in [0.3, 0.4) is 0 Å². The van der Waals surface area contributed by atoms with Crippen molar-refractivity contribution < 1.29 is 9.59 Å². The highest BCUT2D eigenvalue weighted by molar-refractivity contribution is 6.42. The lowest BCUT2D eigenvalue weighted by molar-refractivity contribution is 0.225. The fourth-order valence-electron chi connectivity index (χ4n) is 3.30. The monoisotopic (exact) mass is 488 g/mol. The molecule has 3 rings (SSSR count). The third kappa shape index (κ3) is 6.32. The van der Waals surface area contributed by atoms with E-state index in [-0.39, 0.29) is 24.1 Å². The summed E-state index contributed by atoms with van der Waals surface area (Å²) in [7, 11) is 0. The molecule has 6 nitrogen and oxygen atoms in total. The van der Waals surface area contributed by atoms with Crippen LogP contribution >= 0.6 is 46.4 Å². The zero-order valence-corrected chi connectivity index (χ0v) is 18.8. The van der Waals surface area contributed by atoms with Gasteiger partial charge in [0.05, 0.1) is 32.2 Å². The molecule has 2 aromatic carbocycles. The van der Waals surface area contributed by atoms with Crippen molar-refractivity contribution in [1.29, 1.82) is 0 Å². The van der Waals surface area contributed by atoms with Gasteiger partial charge in [0.25, 0.3) is 0 Å². The van der Waals surface area contributed by atoms with E-state index in [1.54, 1.807) is 36.4 Å². The first-order chi connectivity index (χ1) is 14.3. The van der Waals surface area contributed by atoms with Crippen LogP contribution in [0, 0.1) is 0 Å². The Hall–Kier alpha value is -1.86. The molecule has 0 saturated heterocycles. The van der Waals surface area contributed by atoms with Gasteiger partial charge in [-0.3, -0.25) is 0 Å². The number of hydrogen-bond acceptors (Lipinski definition) is 2. The van der Waals surface area contributed by atoms with Gasteiger partial charge in [-0.25, -0.2) is 9.59 Å². The fraction of sp³-hybridized carbons (Fsp3) is 0.300. The molecule has 1 saturated carbocycles. The number of anilines is 2. The highest BCUT2D eigenvalue weighted by atomic mass is 35.5. The number of nitrogens with one attached hydrogen (secondary N) is 4. The van der Waals surface area contributed by atoms with E-state index < -0.39 is 0 Å². The lowest BCUT2D eigenvalue weighted by atomic mass is 9.90. The summed E-state index contributed by atoms with van der Waals surface area (Å²) in [6, 6.07) is 8.52. The van der Waals surface area contributed by atoms with Crippen molar-refractivity contribution in [2.45, 2.75) is 37.8 Å².